The van der Waals surface area contributed by atoms with Crippen molar-refractivity contribution in [1.29, 1.82) is 0 Å². The Morgan fingerprint density at radius 2 is 1.69 bits per heavy atom. The molecule has 1 amide bonds. The van der Waals surface area contributed by atoms with Gasteiger partial charge in [-0.05, 0) is 88.2 Å². The van der Waals surface area contributed by atoms with Crippen molar-refractivity contribution >= 4 is 21.6 Å². The number of amides is 1. The molecule has 1 aliphatic heterocycles. The van der Waals surface area contributed by atoms with E-state index >= 15 is 0 Å². The van der Waals surface area contributed by atoms with E-state index in [0.717, 1.165) is 29.7 Å². The van der Waals surface area contributed by atoms with E-state index in [1.807, 2.05) is 44.9 Å². The number of rotatable bonds is 9. The Kier molecular flexibility index (Phi) is 7.92. The van der Waals surface area contributed by atoms with E-state index in [4.69, 9.17) is 4.74 Å². The van der Waals surface area contributed by atoms with Crippen LogP contribution in [0.25, 0.3) is 0 Å². The Morgan fingerprint density at radius 1 is 1.09 bits per heavy atom. The summed E-state index contributed by atoms with van der Waals surface area (Å²) < 4.78 is 32.6. The van der Waals surface area contributed by atoms with Crippen LogP contribution < -0.4 is 10.1 Å². The molecule has 7 nitrogen and oxygen atoms in total. The van der Waals surface area contributed by atoms with Crippen molar-refractivity contribution < 1.29 is 17.9 Å². The number of ether oxygens (including phenoxy) is 1. The standard InChI is InChI=1S/C24H33N3O4S/c1-18-15-19(2)17-22(16-18)31-14-13-26(4)20(3)24(28)25-21-7-9-23(10-8-21)32(29,30)27-11-5-6-12-27/h7-10,15-17,20H,5-6,11-14H2,1-4H3,(H,25,28). The van der Waals surface area contributed by atoms with Gasteiger partial charge in [-0.3, -0.25) is 9.69 Å². The predicted octanol–water partition coefficient (Wildman–Crippen LogP) is 3.43. The summed E-state index contributed by atoms with van der Waals surface area (Å²) in [7, 11) is -1.58. The minimum Gasteiger partial charge on any atom is -0.492 e. The van der Waals surface area contributed by atoms with Gasteiger partial charge in [0.1, 0.15) is 12.4 Å². The molecule has 2 aromatic carbocycles. The van der Waals surface area contributed by atoms with Gasteiger partial charge in [0.2, 0.25) is 15.9 Å². The molecule has 1 saturated heterocycles. The molecule has 0 aliphatic carbocycles. The topological polar surface area (TPSA) is 79.0 Å². The van der Waals surface area contributed by atoms with E-state index in [9.17, 15) is 13.2 Å². The van der Waals surface area contributed by atoms with Crippen molar-refractivity contribution in [2.45, 2.75) is 44.6 Å². The Morgan fingerprint density at radius 3 is 2.28 bits per heavy atom. The van der Waals surface area contributed by atoms with Crippen LogP contribution in [0, 0.1) is 13.8 Å². The van der Waals surface area contributed by atoms with E-state index in [0.29, 0.717) is 31.9 Å². The van der Waals surface area contributed by atoms with E-state index in [1.165, 1.54) is 4.31 Å². The molecule has 0 saturated carbocycles. The molecule has 0 radical (unpaired) electrons. The second kappa shape index (κ2) is 10.5. The highest BCUT2D eigenvalue weighted by Crippen LogP contribution is 2.22. The van der Waals surface area contributed by atoms with Gasteiger partial charge in [0.25, 0.3) is 0 Å². The molecule has 174 valence electrons. The zero-order valence-corrected chi connectivity index (χ0v) is 20.1. The maximum absolute atomic E-state index is 12.6. The number of nitrogens with one attached hydrogen (secondary N) is 1. The SMILES string of the molecule is Cc1cc(C)cc(OCCN(C)C(C)C(=O)Nc2ccc(S(=O)(=O)N3CCCC3)cc2)c1. The Bertz CT molecular complexity index is 1010. The lowest BCUT2D eigenvalue weighted by molar-refractivity contribution is -0.120. The van der Waals surface area contributed by atoms with E-state index in [-0.39, 0.29) is 16.8 Å². The van der Waals surface area contributed by atoms with Crippen molar-refractivity contribution in [2.24, 2.45) is 0 Å². The van der Waals surface area contributed by atoms with Crippen LogP contribution in [0.2, 0.25) is 0 Å². The summed E-state index contributed by atoms with van der Waals surface area (Å²) >= 11 is 0. The third kappa shape index (κ3) is 6.09. The molecular weight excluding hydrogens is 426 g/mol. The van der Waals surface area contributed by atoms with Crippen molar-refractivity contribution in [3.05, 3.63) is 53.6 Å². The summed E-state index contributed by atoms with van der Waals surface area (Å²) in [5, 5.41) is 2.86. The number of sulfonamides is 1. The minimum absolute atomic E-state index is 0.158. The zero-order valence-electron chi connectivity index (χ0n) is 19.3. The molecule has 1 heterocycles. The summed E-state index contributed by atoms with van der Waals surface area (Å²) in [5.41, 5.74) is 2.88. The molecule has 1 atom stereocenters. The van der Waals surface area contributed by atoms with Crippen LogP contribution in [-0.4, -0.2) is 62.9 Å². The van der Waals surface area contributed by atoms with Crippen LogP contribution >= 0.6 is 0 Å². The van der Waals surface area contributed by atoms with E-state index in [1.54, 1.807) is 24.3 Å². The van der Waals surface area contributed by atoms with Gasteiger partial charge >= 0.3 is 0 Å². The second-order valence-electron chi connectivity index (χ2n) is 8.45. The highest BCUT2D eigenvalue weighted by molar-refractivity contribution is 7.89. The highest BCUT2D eigenvalue weighted by atomic mass is 32.2. The van der Waals surface area contributed by atoms with Crippen LogP contribution in [0.15, 0.2) is 47.4 Å². The summed E-state index contributed by atoms with van der Waals surface area (Å²) in [6.45, 7) is 8.10. The predicted molar refractivity (Wildman–Crippen MR) is 127 cm³/mol. The van der Waals surface area contributed by atoms with E-state index < -0.39 is 10.0 Å². The molecule has 1 N–H and O–H groups in total. The molecule has 0 aromatic heterocycles. The molecule has 0 bridgehead atoms. The molecule has 2 aromatic rings. The first-order valence-corrected chi connectivity index (χ1v) is 12.4. The van der Waals surface area contributed by atoms with Gasteiger partial charge in [0.15, 0.2) is 0 Å². The van der Waals surface area contributed by atoms with Gasteiger partial charge in [0, 0.05) is 25.3 Å². The molecule has 0 spiro atoms. The molecule has 1 unspecified atom stereocenters. The van der Waals surface area contributed by atoms with Crippen molar-refractivity contribution in [2.75, 3.05) is 38.6 Å². The number of anilines is 1. The molecule has 1 fully saturated rings. The van der Waals surface area contributed by atoms with Crippen LogP contribution in [0.3, 0.4) is 0 Å². The Hall–Kier alpha value is -2.42. The average Bonchev–Trinajstić information content (AvgIpc) is 3.28. The quantitative estimate of drug-likeness (QED) is 0.622. The average molecular weight is 460 g/mol. The third-order valence-corrected chi connectivity index (χ3v) is 7.69. The summed E-state index contributed by atoms with van der Waals surface area (Å²) in [6, 6.07) is 12.1. The number of aryl methyl sites for hydroxylation is 2. The zero-order chi connectivity index (χ0) is 23.3. The van der Waals surface area contributed by atoms with Crippen molar-refractivity contribution in [3.8, 4) is 5.75 Å². The van der Waals surface area contributed by atoms with Gasteiger partial charge in [-0.1, -0.05) is 6.07 Å². The van der Waals surface area contributed by atoms with Gasteiger partial charge in [0.05, 0.1) is 10.9 Å². The number of carbonyl (C=O) groups excluding carboxylic acids is 1. The maximum Gasteiger partial charge on any atom is 0.243 e. The minimum atomic E-state index is -3.45. The monoisotopic (exact) mass is 459 g/mol. The highest BCUT2D eigenvalue weighted by Gasteiger charge is 2.27. The van der Waals surface area contributed by atoms with Crippen LogP contribution in [0.5, 0.6) is 5.75 Å². The van der Waals surface area contributed by atoms with Crippen molar-refractivity contribution in [1.82, 2.24) is 9.21 Å². The van der Waals surface area contributed by atoms with Crippen LogP contribution in [0.1, 0.15) is 30.9 Å². The summed E-state index contributed by atoms with van der Waals surface area (Å²) in [6.07, 6.45) is 1.79. The van der Waals surface area contributed by atoms with Gasteiger partial charge < -0.3 is 10.1 Å². The fraction of sp³-hybridized carbons (Fsp3) is 0.458. The number of hydrogen-bond acceptors (Lipinski definition) is 5. The smallest absolute Gasteiger partial charge is 0.243 e. The Labute approximate surface area is 191 Å². The maximum atomic E-state index is 12.6. The van der Waals surface area contributed by atoms with Gasteiger partial charge in [-0.25, -0.2) is 8.42 Å². The fourth-order valence-electron chi connectivity index (χ4n) is 3.75. The molecular formula is C24H33N3O4S. The van der Waals surface area contributed by atoms with Gasteiger partial charge in [-0.15, -0.1) is 0 Å². The fourth-order valence-corrected chi connectivity index (χ4v) is 5.27. The van der Waals surface area contributed by atoms with Crippen LogP contribution in [-0.2, 0) is 14.8 Å². The van der Waals surface area contributed by atoms with E-state index in [2.05, 4.69) is 11.4 Å². The molecule has 8 heteroatoms. The first kappa shape index (κ1) is 24.2. The third-order valence-electron chi connectivity index (χ3n) is 5.77. The lowest BCUT2D eigenvalue weighted by Crippen LogP contribution is -2.41. The first-order valence-electron chi connectivity index (χ1n) is 11.0. The number of carbonyl (C=O) groups is 1. The lowest BCUT2D eigenvalue weighted by atomic mass is 10.1. The van der Waals surface area contributed by atoms with Crippen LogP contribution in [0.4, 0.5) is 5.69 Å². The normalized spacial score (nSPS) is 15.7. The largest absolute Gasteiger partial charge is 0.492 e. The Balaban J connectivity index is 1.50. The first-order chi connectivity index (χ1) is 15.2. The molecule has 32 heavy (non-hydrogen) atoms. The number of hydrogen-bond donors (Lipinski definition) is 1. The summed E-state index contributed by atoms with van der Waals surface area (Å²) in [4.78, 5) is 14.8. The molecule has 3 rings (SSSR count). The van der Waals surface area contributed by atoms with Crippen molar-refractivity contribution in [3.63, 3.8) is 0 Å². The second-order valence-corrected chi connectivity index (χ2v) is 10.4. The molecule has 1 aliphatic rings. The van der Waals surface area contributed by atoms with Gasteiger partial charge in [-0.2, -0.15) is 4.31 Å². The number of nitrogens with zero attached hydrogens (tertiary/aromatic N) is 2. The lowest BCUT2D eigenvalue weighted by Gasteiger charge is -2.24. The number of likely N-dealkylation sites (N-methyl/N-ethyl adjacent to an activating group) is 1. The number of benzene rings is 2. The summed E-state index contributed by atoms with van der Waals surface area (Å²) in [5.74, 6) is 0.672.